The molecule has 0 heterocycles. The molecule has 0 saturated carbocycles. The molecular formula is C16H14F3NO4. The maximum Gasteiger partial charge on any atom is 0.416 e. The molecule has 2 rings (SSSR count). The predicted octanol–water partition coefficient (Wildman–Crippen LogP) is 5.11. The number of hydrogen-bond donors (Lipinski definition) is 0. The number of nitrogens with zero attached hydrogens (tertiary/aromatic N) is 1. The van der Waals surface area contributed by atoms with Crippen LogP contribution in [0, 0.1) is 10.1 Å². The summed E-state index contributed by atoms with van der Waals surface area (Å²) in [4.78, 5) is 10.4. The molecule has 1 atom stereocenters. The lowest BCUT2D eigenvalue weighted by Gasteiger charge is -2.13. The van der Waals surface area contributed by atoms with Crippen LogP contribution in [0.5, 0.6) is 11.5 Å². The predicted molar refractivity (Wildman–Crippen MR) is 80.0 cm³/mol. The monoisotopic (exact) mass is 341 g/mol. The number of nitro benzene ring substituents is 1. The minimum atomic E-state index is -4.53. The third kappa shape index (κ3) is 4.02. The van der Waals surface area contributed by atoms with Gasteiger partial charge in [-0.15, -0.1) is 0 Å². The van der Waals surface area contributed by atoms with Crippen LogP contribution in [0.3, 0.4) is 0 Å². The van der Waals surface area contributed by atoms with E-state index in [9.17, 15) is 23.3 Å². The lowest BCUT2D eigenvalue weighted by atomic mass is 10.1. The molecule has 24 heavy (non-hydrogen) atoms. The van der Waals surface area contributed by atoms with Crippen LogP contribution in [0.2, 0.25) is 0 Å². The molecule has 2 aromatic rings. The van der Waals surface area contributed by atoms with E-state index in [1.165, 1.54) is 37.4 Å². The molecule has 0 amide bonds. The molecule has 0 saturated heterocycles. The normalized spacial score (nSPS) is 12.7. The number of alkyl halides is 3. The number of benzene rings is 2. The lowest BCUT2D eigenvalue weighted by molar-refractivity contribution is -0.385. The van der Waals surface area contributed by atoms with Crippen molar-refractivity contribution in [2.45, 2.75) is 19.2 Å². The summed E-state index contributed by atoms with van der Waals surface area (Å²) in [5.41, 5.74) is -0.645. The van der Waals surface area contributed by atoms with Crippen molar-refractivity contribution >= 4 is 5.69 Å². The average molecular weight is 341 g/mol. The van der Waals surface area contributed by atoms with E-state index >= 15 is 0 Å². The van der Waals surface area contributed by atoms with Gasteiger partial charge in [0.1, 0.15) is 5.75 Å². The zero-order valence-corrected chi connectivity index (χ0v) is 12.8. The number of hydrogen-bond acceptors (Lipinski definition) is 4. The summed E-state index contributed by atoms with van der Waals surface area (Å²) in [6.45, 7) is 1.73. The third-order valence-corrected chi connectivity index (χ3v) is 3.39. The van der Waals surface area contributed by atoms with Crippen molar-refractivity contribution in [3.05, 3.63) is 63.7 Å². The molecule has 0 radical (unpaired) electrons. The van der Waals surface area contributed by atoms with E-state index in [4.69, 9.17) is 9.47 Å². The number of ether oxygens (including phenoxy) is 2. The Labute approximate surface area is 135 Å². The molecule has 0 N–H and O–H groups in total. The number of methoxy groups -OCH3 is 1. The summed E-state index contributed by atoms with van der Waals surface area (Å²) in [5, 5.41) is 11.1. The molecular weight excluding hydrogens is 327 g/mol. The Morgan fingerprint density at radius 2 is 1.88 bits per heavy atom. The molecule has 0 aromatic heterocycles. The highest BCUT2D eigenvalue weighted by Crippen LogP contribution is 2.36. The maximum absolute atomic E-state index is 12.7. The second-order valence-corrected chi connectivity index (χ2v) is 4.99. The van der Waals surface area contributed by atoms with Crippen LogP contribution in [-0.4, -0.2) is 12.0 Å². The van der Waals surface area contributed by atoms with Gasteiger partial charge in [0.05, 0.1) is 16.6 Å². The van der Waals surface area contributed by atoms with E-state index in [0.717, 1.165) is 12.1 Å². The van der Waals surface area contributed by atoms with Crippen LogP contribution in [0.4, 0.5) is 18.9 Å². The Morgan fingerprint density at radius 3 is 2.46 bits per heavy atom. The summed E-state index contributed by atoms with van der Waals surface area (Å²) in [6.07, 6.45) is -4.88. The van der Waals surface area contributed by atoms with Gasteiger partial charge in [-0.05, 0) is 42.8 Å². The molecule has 0 spiro atoms. The average Bonchev–Trinajstić information content (AvgIpc) is 2.53. The van der Waals surface area contributed by atoms with Gasteiger partial charge in [0.25, 0.3) is 0 Å². The van der Waals surface area contributed by atoms with Gasteiger partial charge < -0.3 is 9.47 Å². The molecule has 0 fully saturated rings. The summed E-state index contributed by atoms with van der Waals surface area (Å²) >= 11 is 0. The fraction of sp³-hybridized carbons (Fsp3) is 0.250. The SMILES string of the molecule is COC(C)c1ccc([N+](=O)[O-])c(Oc2cccc(C(F)(F)F)c2)c1. The highest BCUT2D eigenvalue weighted by molar-refractivity contribution is 5.51. The Bertz CT molecular complexity index is 746. The quantitative estimate of drug-likeness (QED) is 0.560. The molecule has 0 aliphatic carbocycles. The maximum atomic E-state index is 12.7. The highest BCUT2D eigenvalue weighted by Gasteiger charge is 2.31. The van der Waals surface area contributed by atoms with Crippen LogP contribution in [0.1, 0.15) is 24.2 Å². The molecule has 5 nitrogen and oxygen atoms in total. The van der Waals surface area contributed by atoms with Crippen molar-refractivity contribution < 1.29 is 27.6 Å². The van der Waals surface area contributed by atoms with Gasteiger partial charge in [0.2, 0.25) is 5.75 Å². The second kappa shape index (κ2) is 6.88. The molecule has 2 aromatic carbocycles. The van der Waals surface area contributed by atoms with Gasteiger partial charge in [-0.2, -0.15) is 13.2 Å². The molecule has 0 aliphatic heterocycles. The lowest BCUT2D eigenvalue weighted by Crippen LogP contribution is -2.04. The van der Waals surface area contributed by atoms with E-state index in [-0.39, 0.29) is 23.3 Å². The molecule has 0 bridgehead atoms. The molecule has 128 valence electrons. The first-order chi connectivity index (χ1) is 11.2. The smallest absolute Gasteiger partial charge is 0.416 e. The van der Waals surface area contributed by atoms with Crippen molar-refractivity contribution in [2.24, 2.45) is 0 Å². The summed E-state index contributed by atoms with van der Waals surface area (Å²) in [5.74, 6) is -0.295. The largest absolute Gasteiger partial charge is 0.450 e. The Kier molecular flexibility index (Phi) is 5.08. The van der Waals surface area contributed by atoms with Gasteiger partial charge in [-0.3, -0.25) is 10.1 Å². The van der Waals surface area contributed by atoms with Crippen molar-refractivity contribution in [2.75, 3.05) is 7.11 Å². The van der Waals surface area contributed by atoms with E-state index in [1.54, 1.807) is 6.92 Å². The van der Waals surface area contributed by atoms with Gasteiger partial charge in [0.15, 0.2) is 0 Å². The van der Waals surface area contributed by atoms with Gasteiger partial charge in [-0.25, -0.2) is 0 Å². The van der Waals surface area contributed by atoms with Crippen LogP contribution >= 0.6 is 0 Å². The standard InChI is InChI=1S/C16H14F3NO4/c1-10(23-2)11-6-7-14(20(21)22)15(8-11)24-13-5-3-4-12(9-13)16(17,18)19/h3-10H,1-2H3. The Balaban J connectivity index is 2.42. The van der Waals surface area contributed by atoms with Crippen molar-refractivity contribution in [1.29, 1.82) is 0 Å². The minimum Gasteiger partial charge on any atom is -0.450 e. The van der Waals surface area contributed by atoms with Crippen LogP contribution < -0.4 is 4.74 Å². The van der Waals surface area contributed by atoms with E-state index in [2.05, 4.69) is 0 Å². The van der Waals surface area contributed by atoms with Gasteiger partial charge in [-0.1, -0.05) is 6.07 Å². The fourth-order valence-electron chi connectivity index (χ4n) is 2.02. The van der Waals surface area contributed by atoms with E-state index in [1.807, 2.05) is 0 Å². The highest BCUT2D eigenvalue weighted by atomic mass is 19.4. The van der Waals surface area contributed by atoms with E-state index in [0.29, 0.717) is 5.56 Å². The zero-order chi connectivity index (χ0) is 17.9. The molecule has 8 heteroatoms. The van der Waals surface area contributed by atoms with Gasteiger partial charge in [0, 0.05) is 13.2 Å². The minimum absolute atomic E-state index is 0.143. The first-order valence-electron chi connectivity index (χ1n) is 6.88. The Hall–Kier alpha value is -2.61. The molecule has 0 aliphatic rings. The summed E-state index contributed by atoms with van der Waals surface area (Å²) < 4.78 is 48.7. The van der Waals surface area contributed by atoms with Crippen molar-refractivity contribution in [3.8, 4) is 11.5 Å². The second-order valence-electron chi connectivity index (χ2n) is 4.99. The number of nitro groups is 1. The first-order valence-corrected chi connectivity index (χ1v) is 6.88. The first kappa shape index (κ1) is 17.7. The van der Waals surface area contributed by atoms with Crippen LogP contribution in [-0.2, 0) is 10.9 Å². The van der Waals surface area contributed by atoms with Crippen LogP contribution in [0.15, 0.2) is 42.5 Å². The summed E-state index contributed by atoms with van der Waals surface area (Å²) in [7, 11) is 1.47. The topological polar surface area (TPSA) is 61.6 Å². The Morgan fingerprint density at radius 1 is 1.17 bits per heavy atom. The summed E-state index contributed by atoms with van der Waals surface area (Å²) in [6, 6.07) is 8.27. The fourth-order valence-corrected chi connectivity index (χ4v) is 2.02. The number of rotatable bonds is 5. The van der Waals surface area contributed by atoms with Gasteiger partial charge >= 0.3 is 11.9 Å². The van der Waals surface area contributed by atoms with Crippen molar-refractivity contribution in [1.82, 2.24) is 0 Å². The van der Waals surface area contributed by atoms with Crippen molar-refractivity contribution in [3.63, 3.8) is 0 Å². The molecule has 1 unspecified atom stereocenters. The van der Waals surface area contributed by atoms with Crippen LogP contribution in [0.25, 0.3) is 0 Å². The zero-order valence-electron chi connectivity index (χ0n) is 12.8. The van der Waals surface area contributed by atoms with E-state index < -0.39 is 16.7 Å². The number of halogens is 3. The third-order valence-electron chi connectivity index (χ3n) is 3.39.